The largest absolute Gasteiger partial charge is 0.497 e. The van der Waals surface area contributed by atoms with Gasteiger partial charge in [0, 0.05) is 11.8 Å². The van der Waals surface area contributed by atoms with Crippen LogP contribution in [0.3, 0.4) is 0 Å². The van der Waals surface area contributed by atoms with E-state index in [-0.39, 0.29) is 13.2 Å². The highest BCUT2D eigenvalue weighted by molar-refractivity contribution is 5.49. The molecule has 0 unspecified atom stereocenters. The van der Waals surface area contributed by atoms with E-state index in [1.165, 1.54) is 10.8 Å². The van der Waals surface area contributed by atoms with Gasteiger partial charge >= 0.3 is 5.69 Å². The van der Waals surface area contributed by atoms with E-state index in [0.29, 0.717) is 17.1 Å². The minimum atomic E-state index is -1.27. The molecule has 4 atom stereocenters. The van der Waals surface area contributed by atoms with Crippen LogP contribution in [0.2, 0.25) is 0 Å². The summed E-state index contributed by atoms with van der Waals surface area (Å²) in [7, 11) is 3.22. The number of ether oxygens (including phenoxy) is 5. The van der Waals surface area contributed by atoms with Gasteiger partial charge in [0.2, 0.25) is 5.72 Å². The number of aliphatic hydroxyl groups excluding tert-OH is 1. The van der Waals surface area contributed by atoms with Crippen molar-refractivity contribution in [2.24, 2.45) is 0 Å². The molecule has 1 aromatic heterocycles. The maximum Gasteiger partial charge on any atom is 0.330 e. The van der Waals surface area contributed by atoms with Gasteiger partial charge in [-0.15, -0.1) is 0 Å². The topological polar surface area (TPSA) is 121 Å². The molecule has 0 spiro atoms. The normalized spacial score (nSPS) is 23.2. The first-order valence-corrected chi connectivity index (χ1v) is 13.6. The van der Waals surface area contributed by atoms with Gasteiger partial charge in [-0.2, -0.15) is 0 Å². The molecule has 2 aliphatic heterocycles. The molecule has 0 aliphatic carbocycles. The Morgan fingerprint density at radius 3 is 2.02 bits per heavy atom. The number of fused-ring (bicyclic) bond motifs is 1. The number of aromatic nitrogens is 2. The fraction of sp³-hybridized carbons (Fsp3) is 0.312. The van der Waals surface area contributed by atoms with Crippen molar-refractivity contribution in [3.05, 3.63) is 128 Å². The van der Waals surface area contributed by atoms with Crippen molar-refractivity contribution in [1.82, 2.24) is 9.55 Å². The van der Waals surface area contributed by atoms with Gasteiger partial charge in [-0.25, -0.2) is 4.79 Å². The van der Waals surface area contributed by atoms with Crippen molar-refractivity contribution in [1.29, 1.82) is 0 Å². The Labute approximate surface area is 242 Å². The molecule has 2 fully saturated rings. The van der Waals surface area contributed by atoms with E-state index in [2.05, 4.69) is 4.98 Å². The van der Waals surface area contributed by atoms with Crippen LogP contribution < -0.4 is 20.7 Å². The van der Waals surface area contributed by atoms with E-state index in [1.54, 1.807) is 21.1 Å². The highest BCUT2D eigenvalue weighted by Crippen LogP contribution is 2.46. The van der Waals surface area contributed by atoms with Gasteiger partial charge in [-0.1, -0.05) is 54.6 Å². The number of H-pyrrole nitrogens is 1. The predicted molar refractivity (Wildman–Crippen MR) is 153 cm³/mol. The number of rotatable bonds is 9. The Morgan fingerprint density at radius 2 is 1.50 bits per heavy atom. The molecule has 2 saturated heterocycles. The maximum atomic E-state index is 12.8. The number of nitrogens with zero attached hydrogens (tertiary/aromatic N) is 1. The summed E-state index contributed by atoms with van der Waals surface area (Å²) < 4.78 is 31.1. The molecule has 6 rings (SSSR count). The Kier molecular flexibility index (Phi) is 7.24. The third kappa shape index (κ3) is 4.44. The quantitative estimate of drug-likeness (QED) is 0.294. The predicted octanol–water partition coefficient (Wildman–Crippen LogP) is 2.68. The van der Waals surface area contributed by atoms with Crippen LogP contribution in [0, 0.1) is 6.92 Å². The number of hydrogen-bond acceptors (Lipinski definition) is 8. The summed E-state index contributed by atoms with van der Waals surface area (Å²) in [6.07, 6.45) is -1.33. The Bertz CT molecular complexity index is 1620. The molecule has 10 nitrogen and oxygen atoms in total. The number of aliphatic hydroxyl groups is 1. The molecule has 3 heterocycles. The first-order valence-electron chi connectivity index (χ1n) is 13.6. The molecule has 3 aromatic carbocycles. The molecule has 218 valence electrons. The van der Waals surface area contributed by atoms with Crippen molar-refractivity contribution >= 4 is 0 Å². The van der Waals surface area contributed by atoms with Crippen LogP contribution in [0.1, 0.15) is 22.3 Å². The number of benzene rings is 3. The van der Waals surface area contributed by atoms with E-state index in [9.17, 15) is 14.7 Å². The first kappa shape index (κ1) is 27.9. The fourth-order valence-corrected chi connectivity index (χ4v) is 5.84. The minimum absolute atomic E-state index is 0.0391. The number of nitrogens with one attached hydrogen (secondary N) is 1. The van der Waals surface area contributed by atoms with Gasteiger partial charge in [0.1, 0.15) is 35.4 Å². The van der Waals surface area contributed by atoms with Gasteiger partial charge in [0.25, 0.3) is 5.56 Å². The summed E-state index contributed by atoms with van der Waals surface area (Å²) in [5.74, 6) is 1.39. The Morgan fingerprint density at radius 1 is 0.929 bits per heavy atom. The lowest BCUT2D eigenvalue weighted by molar-refractivity contribution is -0.279. The van der Waals surface area contributed by atoms with E-state index in [4.69, 9.17) is 23.7 Å². The zero-order valence-corrected chi connectivity index (χ0v) is 23.5. The monoisotopic (exact) mass is 572 g/mol. The summed E-state index contributed by atoms with van der Waals surface area (Å²) in [6, 6.07) is 25.0. The second kappa shape index (κ2) is 10.9. The first-order chi connectivity index (χ1) is 20.3. The zero-order chi connectivity index (χ0) is 29.5. The van der Waals surface area contributed by atoms with Gasteiger partial charge < -0.3 is 28.8 Å². The van der Waals surface area contributed by atoms with E-state index in [0.717, 1.165) is 16.7 Å². The lowest BCUT2D eigenvalue weighted by Crippen LogP contribution is -2.63. The molecule has 0 bridgehead atoms. The van der Waals surface area contributed by atoms with Gasteiger partial charge in [0.05, 0.1) is 27.4 Å². The standard InChI is InChI=1S/C32H32N2O8/c1-20-17-34(30(37)33-29(20)36)31-19-40-28(31)27(35)26(42-31)18-41-32(21-7-5-4-6-8-21,22-9-13-24(38-2)14-10-22)23-11-15-25(39-3)16-12-23/h4-17,26-28,35H,18-19H2,1-3H3,(H,33,36,37)/t26-,27-,28-,31-/m1/s1. The zero-order valence-electron chi connectivity index (χ0n) is 23.5. The SMILES string of the molecule is COc1ccc(C(OC[C@H]2O[C@]3(n4cc(C)c(=O)[nH]c4=O)CO[C@@H]3[C@@H]2O)(c2ccccc2)c2ccc(OC)cc2)cc1. The highest BCUT2D eigenvalue weighted by Gasteiger charge is 2.64. The van der Waals surface area contributed by atoms with Crippen molar-refractivity contribution < 1.29 is 28.8 Å². The lowest BCUT2D eigenvalue weighted by atomic mass is 9.80. The summed E-state index contributed by atoms with van der Waals surface area (Å²) >= 11 is 0. The molecular weight excluding hydrogens is 540 g/mol. The van der Waals surface area contributed by atoms with Crippen LogP contribution in [0.4, 0.5) is 0 Å². The molecule has 2 N–H and O–H groups in total. The lowest BCUT2D eigenvalue weighted by Gasteiger charge is -2.44. The summed E-state index contributed by atoms with van der Waals surface area (Å²) in [5, 5.41) is 11.3. The molecule has 4 aromatic rings. The molecule has 42 heavy (non-hydrogen) atoms. The molecule has 2 aliphatic rings. The van der Waals surface area contributed by atoms with Crippen LogP contribution in [0.15, 0.2) is 94.6 Å². The maximum absolute atomic E-state index is 12.8. The van der Waals surface area contributed by atoms with Crippen LogP contribution in [0.25, 0.3) is 0 Å². The second-order valence-corrected chi connectivity index (χ2v) is 10.5. The third-order valence-electron chi connectivity index (χ3n) is 8.13. The van der Waals surface area contributed by atoms with Crippen molar-refractivity contribution in [3.8, 4) is 11.5 Å². The minimum Gasteiger partial charge on any atom is -0.497 e. The fourth-order valence-electron chi connectivity index (χ4n) is 5.84. The van der Waals surface area contributed by atoms with E-state index in [1.807, 2.05) is 78.9 Å². The van der Waals surface area contributed by atoms with Gasteiger partial charge in [0.15, 0.2) is 0 Å². The average Bonchev–Trinajstić information content (AvgIpc) is 3.20. The molecule has 0 amide bonds. The van der Waals surface area contributed by atoms with E-state index < -0.39 is 40.9 Å². The molecule has 10 heteroatoms. The molecular formula is C32H32N2O8. The van der Waals surface area contributed by atoms with Gasteiger partial charge in [-0.3, -0.25) is 14.3 Å². The molecule has 0 radical (unpaired) electrons. The number of hydrogen-bond donors (Lipinski definition) is 2. The number of aryl methyl sites for hydroxylation is 1. The van der Waals surface area contributed by atoms with Crippen LogP contribution in [0.5, 0.6) is 11.5 Å². The average molecular weight is 573 g/mol. The summed E-state index contributed by atoms with van der Waals surface area (Å²) in [5.41, 5.74) is -0.651. The van der Waals surface area contributed by atoms with Crippen molar-refractivity contribution in [2.75, 3.05) is 27.4 Å². The number of aromatic amines is 1. The summed E-state index contributed by atoms with van der Waals surface area (Å²) in [6.45, 7) is 1.59. The van der Waals surface area contributed by atoms with Crippen LogP contribution in [-0.4, -0.2) is 60.4 Å². The van der Waals surface area contributed by atoms with Crippen LogP contribution in [-0.2, 0) is 25.5 Å². The third-order valence-corrected chi connectivity index (χ3v) is 8.13. The van der Waals surface area contributed by atoms with Gasteiger partial charge in [-0.05, 0) is 47.9 Å². The second-order valence-electron chi connectivity index (χ2n) is 10.5. The summed E-state index contributed by atoms with van der Waals surface area (Å²) in [4.78, 5) is 27.1. The molecule has 0 saturated carbocycles. The smallest absolute Gasteiger partial charge is 0.330 e. The highest BCUT2D eigenvalue weighted by atomic mass is 16.7. The Hall–Kier alpha value is -4.22. The van der Waals surface area contributed by atoms with E-state index >= 15 is 0 Å². The Balaban J connectivity index is 1.42. The van der Waals surface area contributed by atoms with Crippen LogP contribution >= 0.6 is 0 Å². The number of methoxy groups -OCH3 is 2. The van der Waals surface area contributed by atoms with Crippen molar-refractivity contribution in [3.63, 3.8) is 0 Å². The van der Waals surface area contributed by atoms with Crippen molar-refractivity contribution in [2.45, 2.75) is 36.6 Å².